The average Bonchev–Trinajstić information content (AvgIpc) is 2.08. The minimum Gasteiger partial charge on any atom is -0.317 e. The minimum absolute atomic E-state index is 0. The Kier molecular flexibility index (Phi) is 34.6. The lowest BCUT2D eigenvalue weighted by Crippen LogP contribution is -1.90. The largest absolute Gasteiger partial charge is 0.413 e. The Morgan fingerprint density at radius 2 is 2.08 bits per heavy atom. The van der Waals surface area contributed by atoms with Crippen LogP contribution in [0.15, 0.2) is 12.2 Å². The van der Waals surface area contributed by atoms with Gasteiger partial charge in [-0.25, -0.2) is 0 Å². The van der Waals surface area contributed by atoms with Gasteiger partial charge in [0.15, 0.2) is 0 Å². The molecular formula is C8H17BrFMgN. The Labute approximate surface area is 94.8 Å². The second-order valence-electron chi connectivity index (χ2n) is 2.11. The van der Waals surface area contributed by atoms with Crippen LogP contribution < -0.4 is 0 Å². The minimum atomic E-state index is -0.307. The van der Waals surface area contributed by atoms with Crippen molar-refractivity contribution in [1.82, 2.24) is 0 Å². The van der Waals surface area contributed by atoms with E-state index in [1.165, 1.54) is 11.0 Å². The molecule has 0 saturated carbocycles. The monoisotopic (exact) mass is 249 g/mol. The first kappa shape index (κ1) is 18.4. The molecule has 0 rings (SSSR count). The van der Waals surface area contributed by atoms with E-state index in [1.54, 1.807) is 0 Å². The Hall–Kier alpha value is 0.586. The normalized spacial score (nSPS) is 7.83. The number of halogens is 2. The average molecular weight is 250 g/mol. The van der Waals surface area contributed by atoms with E-state index in [0.29, 0.717) is 0 Å². The number of hydrogen-bond acceptors (Lipinski definition) is 1. The van der Waals surface area contributed by atoms with Gasteiger partial charge in [-0.1, -0.05) is 18.6 Å². The molecule has 0 atom stereocenters. The van der Waals surface area contributed by atoms with Gasteiger partial charge in [-0.3, -0.25) is 4.39 Å². The molecule has 0 heterocycles. The highest BCUT2D eigenvalue weighted by atomic mass is 79.9. The first-order valence-electron chi connectivity index (χ1n) is 3.94. The van der Waals surface area contributed by atoms with Crippen LogP contribution in [0.4, 0.5) is 4.39 Å². The van der Waals surface area contributed by atoms with Crippen molar-refractivity contribution in [2.45, 2.75) is 24.3 Å². The summed E-state index contributed by atoms with van der Waals surface area (Å²) in [4.78, 5) is -0.0180. The number of nitrogens with one attached hydrogen (secondary N) is 1. The number of alkyl halides is 1. The molecule has 0 saturated heterocycles. The van der Waals surface area contributed by atoms with E-state index in [0.717, 1.165) is 6.42 Å². The van der Waals surface area contributed by atoms with Gasteiger partial charge in [0.2, 0.25) is 0 Å². The Bertz CT molecular complexity index is 91.1. The smallest absolute Gasteiger partial charge is 0.317 e. The number of allylic oxidation sites excluding steroid dienone is 2. The van der Waals surface area contributed by atoms with Crippen molar-refractivity contribution in [2.75, 3.05) is 4.80 Å². The molecule has 0 spiro atoms. The van der Waals surface area contributed by atoms with Gasteiger partial charge in [0.1, 0.15) is 0 Å². The number of unbranched alkanes of at least 4 members (excludes halogenated alkanes) is 1. The Morgan fingerprint density at radius 3 is 2.50 bits per heavy atom. The lowest BCUT2D eigenvalue weighted by atomic mass is 10.3. The van der Waals surface area contributed by atoms with E-state index in [1.807, 2.05) is 6.92 Å². The van der Waals surface area contributed by atoms with Crippen molar-refractivity contribution in [1.29, 1.82) is 5.41 Å². The topological polar surface area (TPSA) is 23.9 Å². The van der Waals surface area contributed by atoms with Crippen LogP contribution in [0.2, 0.25) is 4.55 Å². The highest BCUT2D eigenvalue weighted by Gasteiger charge is 1.91. The predicted octanol–water partition coefficient (Wildman–Crippen LogP) is 3.24. The van der Waals surface area contributed by atoms with Crippen molar-refractivity contribution in [3.8, 4) is 0 Å². The van der Waals surface area contributed by atoms with Gasteiger partial charge >= 0.3 is 20.4 Å². The predicted molar refractivity (Wildman–Crippen MR) is 60.7 cm³/mol. The molecule has 1 N–H and O–H groups in total. The van der Waals surface area contributed by atoms with Crippen LogP contribution in [0.25, 0.3) is 0 Å². The van der Waals surface area contributed by atoms with Crippen molar-refractivity contribution >= 4 is 44.1 Å². The molecule has 0 aliphatic carbocycles. The Balaban J connectivity index is -0.000000249. The second kappa shape index (κ2) is 22.6. The molecule has 1 nitrogen and oxygen atoms in total. The van der Waals surface area contributed by atoms with E-state index in [4.69, 9.17) is 5.41 Å². The fourth-order valence-corrected chi connectivity index (χ4v) is 1.53. The van der Waals surface area contributed by atoms with Crippen LogP contribution in [0.1, 0.15) is 19.8 Å². The third-order valence-corrected chi connectivity index (χ3v) is 2.51. The molecule has 70 valence electrons. The lowest BCUT2D eigenvalue weighted by molar-refractivity contribution is 0.591. The fourth-order valence-electron chi connectivity index (χ4n) is 0.700. The summed E-state index contributed by atoms with van der Waals surface area (Å²) in [6.45, 7) is 4.52. The molecule has 0 unspecified atom stereocenters. The summed E-state index contributed by atoms with van der Waals surface area (Å²) in [6.07, 6.45) is 6.54. The summed E-state index contributed by atoms with van der Waals surface area (Å²) >= 11 is -0.307. The van der Waals surface area contributed by atoms with Crippen molar-refractivity contribution in [2.24, 2.45) is 0 Å². The molecule has 0 aromatic heterocycles. The highest BCUT2D eigenvalue weighted by molar-refractivity contribution is 8.93. The Morgan fingerprint density at radius 1 is 1.50 bits per heavy atom. The first-order chi connectivity index (χ1) is 5.41. The van der Waals surface area contributed by atoms with E-state index in [9.17, 15) is 4.39 Å². The van der Waals surface area contributed by atoms with E-state index >= 15 is 0 Å². The van der Waals surface area contributed by atoms with Gasteiger partial charge < -0.3 is 5.41 Å². The van der Waals surface area contributed by atoms with E-state index in [2.05, 4.69) is 18.9 Å². The van der Waals surface area contributed by atoms with Crippen LogP contribution in [-0.2, 0) is 0 Å². The van der Waals surface area contributed by atoms with Gasteiger partial charge in [-0.2, -0.15) is 0 Å². The standard InChI is InChI=1S/C6H11.CH2F.CH3N.BrH.Mg/c1-3-5-6-4-2;2*1-2;;/h4,6H,1,3,5H2,2H3;1H2;2H,1H2;1H;. The summed E-state index contributed by atoms with van der Waals surface area (Å²) in [5.41, 5.74) is 0. The molecule has 0 aromatic rings. The zero-order valence-corrected chi connectivity index (χ0v) is 10.8. The summed E-state index contributed by atoms with van der Waals surface area (Å²) in [5.74, 6) is 0. The van der Waals surface area contributed by atoms with Crippen LogP contribution in [-0.4, -0.2) is 31.9 Å². The maximum absolute atomic E-state index is 11.5. The number of hydrogen-bond donors (Lipinski definition) is 1. The quantitative estimate of drug-likeness (QED) is 0.335. The van der Waals surface area contributed by atoms with Crippen molar-refractivity contribution < 1.29 is 4.39 Å². The first-order valence-corrected chi connectivity index (χ1v) is 5.94. The third kappa shape index (κ3) is 22.4. The highest BCUT2D eigenvalue weighted by Crippen LogP contribution is 1.95. The summed E-state index contributed by atoms with van der Waals surface area (Å²) < 4.78 is 12.7. The maximum Gasteiger partial charge on any atom is 0.413 e. The van der Waals surface area contributed by atoms with Gasteiger partial charge in [-0.05, 0) is 24.9 Å². The summed E-state index contributed by atoms with van der Waals surface area (Å²) in [6, 6.07) is 0. The zero-order chi connectivity index (χ0) is 8.95. The van der Waals surface area contributed by atoms with Crippen molar-refractivity contribution in [3.63, 3.8) is 0 Å². The fraction of sp³-hybridized carbons (Fsp3) is 0.625. The number of rotatable bonds is 5. The van der Waals surface area contributed by atoms with Gasteiger partial charge in [0.25, 0.3) is 0 Å². The molecule has 0 aliphatic heterocycles. The van der Waals surface area contributed by atoms with Gasteiger partial charge in [0, 0.05) is 0 Å². The van der Waals surface area contributed by atoms with Crippen LogP contribution in [0.3, 0.4) is 0 Å². The van der Waals surface area contributed by atoms with Gasteiger partial charge in [0.05, 0.1) is 0 Å². The van der Waals surface area contributed by atoms with Crippen molar-refractivity contribution in [3.05, 3.63) is 12.2 Å². The SMILES string of the molecule is Br.C=N.CC=CCC[CH2][Mg][CH2]F. The zero-order valence-electron chi connectivity index (χ0n) is 7.68. The van der Waals surface area contributed by atoms with Crippen LogP contribution in [0, 0.1) is 5.41 Å². The second-order valence-corrected chi connectivity index (χ2v) is 3.90. The molecular weight excluding hydrogens is 233 g/mol. The molecule has 12 heavy (non-hydrogen) atoms. The maximum atomic E-state index is 11.5. The summed E-state index contributed by atoms with van der Waals surface area (Å²) in [7, 11) is 0. The summed E-state index contributed by atoms with van der Waals surface area (Å²) in [5, 5.41) is 5.50. The van der Waals surface area contributed by atoms with Crippen LogP contribution >= 0.6 is 17.0 Å². The molecule has 0 aliphatic rings. The van der Waals surface area contributed by atoms with E-state index in [-0.39, 0.29) is 42.2 Å². The van der Waals surface area contributed by atoms with Gasteiger partial charge in [-0.15, -0.1) is 21.5 Å². The molecule has 0 amide bonds. The molecule has 0 bridgehead atoms. The van der Waals surface area contributed by atoms with E-state index < -0.39 is 0 Å². The lowest BCUT2D eigenvalue weighted by Gasteiger charge is -1.88. The molecule has 0 aromatic carbocycles. The molecule has 0 radical (unpaired) electrons. The van der Waals surface area contributed by atoms with Crippen LogP contribution in [0.5, 0.6) is 0 Å². The third-order valence-electron chi connectivity index (χ3n) is 1.24. The molecule has 4 heteroatoms. The molecule has 0 fully saturated rings.